The van der Waals surface area contributed by atoms with E-state index in [1.54, 1.807) is 63.8 Å². The Morgan fingerprint density at radius 2 is 0.800 bits per heavy atom. The third kappa shape index (κ3) is 10.4. The number of hydrogen-bond donors (Lipinski definition) is 1. The van der Waals surface area contributed by atoms with E-state index in [4.69, 9.17) is 37.9 Å². The Labute approximate surface area is 291 Å². The summed E-state index contributed by atoms with van der Waals surface area (Å²) in [4.78, 5) is 0. The van der Waals surface area contributed by atoms with E-state index in [9.17, 15) is 17.4 Å². The first kappa shape index (κ1) is 38.7. The number of phenolic OH excluding ortho intramolecular Hbond substituents is 1. The Bertz CT molecular complexity index is 1870. The average molecular weight is 715 g/mol. The van der Waals surface area contributed by atoms with E-state index < -0.39 is 10.5 Å². The summed E-state index contributed by atoms with van der Waals surface area (Å²) in [6.07, 6.45) is 7.18. The number of hydrogen-bond acceptors (Lipinski definition) is 12. The van der Waals surface area contributed by atoms with Crippen molar-refractivity contribution in [2.24, 2.45) is 0 Å². The largest absolute Gasteiger partial charge is 0.504 e. The highest BCUT2D eigenvalue weighted by Crippen LogP contribution is 2.40. The molecule has 1 N–H and O–H groups in total. The molecule has 0 atom stereocenters. The second-order valence-corrected chi connectivity index (χ2v) is 10.9. The highest BCUT2D eigenvalue weighted by Gasteiger charge is 2.16. The van der Waals surface area contributed by atoms with Gasteiger partial charge in [-0.25, -0.2) is 0 Å². The van der Waals surface area contributed by atoms with E-state index in [1.807, 2.05) is 30.4 Å². The molecule has 0 spiro atoms. The highest BCUT2D eigenvalue weighted by molar-refractivity contribution is 7.81. The molecule has 0 aliphatic rings. The summed E-state index contributed by atoms with van der Waals surface area (Å²) in [6.45, 7) is 0. The Hall–Kier alpha value is -5.76. The van der Waals surface area contributed by atoms with Gasteiger partial charge in [0.1, 0.15) is 0 Å². The quantitative estimate of drug-likeness (QED) is 0.106. The van der Waals surface area contributed by atoms with Crippen molar-refractivity contribution in [3.63, 3.8) is 0 Å². The van der Waals surface area contributed by atoms with E-state index in [-0.39, 0.29) is 17.2 Å². The van der Waals surface area contributed by atoms with Crippen LogP contribution in [0.25, 0.3) is 24.3 Å². The Kier molecular flexibility index (Phi) is 14.0. The summed E-state index contributed by atoms with van der Waals surface area (Å²) in [5.74, 6) is 3.52. The van der Waals surface area contributed by atoms with Crippen LogP contribution in [-0.2, 0) is 10.5 Å². The average Bonchev–Trinajstić information content (AvgIpc) is 3.11. The minimum absolute atomic E-state index is 0.0844. The fourth-order valence-corrected chi connectivity index (χ4v) is 4.90. The predicted octanol–water partition coefficient (Wildman–Crippen LogP) is 7.08. The molecule has 0 saturated heterocycles. The molecule has 0 aliphatic carbocycles. The van der Waals surface area contributed by atoms with Crippen molar-refractivity contribution in [1.82, 2.24) is 0 Å². The van der Waals surface area contributed by atoms with E-state index in [0.717, 1.165) is 16.7 Å². The third-order valence-electron chi connectivity index (χ3n) is 6.89. The van der Waals surface area contributed by atoms with Gasteiger partial charge >= 0.3 is 10.5 Å². The first-order valence-corrected chi connectivity index (χ1v) is 15.9. The van der Waals surface area contributed by atoms with Crippen molar-refractivity contribution >= 4 is 34.8 Å². The minimum atomic E-state index is -5.17. The molecule has 4 rings (SSSR count). The number of phenols is 1. The van der Waals surface area contributed by atoms with Crippen LogP contribution in [0, 0.1) is 0 Å². The molecule has 0 unspecified atom stereocenters. The van der Waals surface area contributed by atoms with Crippen molar-refractivity contribution in [3.05, 3.63) is 82.9 Å². The molecule has 0 fully saturated rings. The SMILES string of the molecule is COc1ccc(/C=C\c2cc(OC)c(OC)c(OC)c2)cc1O.COc1ccc(/C=C\c2cc(OC)c(OC)c(OC)c2)cc1OS(=O)(=O)F. The molecule has 0 aromatic heterocycles. The van der Waals surface area contributed by atoms with Crippen molar-refractivity contribution in [2.75, 3.05) is 56.9 Å². The summed E-state index contributed by atoms with van der Waals surface area (Å²) in [5.41, 5.74) is 3.02. The molecule has 268 valence electrons. The predicted molar refractivity (Wildman–Crippen MR) is 188 cm³/mol. The van der Waals surface area contributed by atoms with Crippen LogP contribution in [0.1, 0.15) is 22.3 Å². The maximum atomic E-state index is 12.8. The smallest absolute Gasteiger partial charge is 0.488 e. The minimum Gasteiger partial charge on any atom is -0.504 e. The van der Waals surface area contributed by atoms with Crippen molar-refractivity contribution in [3.8, 4) is 57.5 Å². The summed E-state index contributed by atoms with van der Waals surface area (Å²) >= 11 is 0. The molecule has 0 amide bonds. The second kappa shape index (κ2) is 18.1. The van der Waals surface area contributed by atoms with Gasteiger partial charge in [0.25, 0.3) is 0 Å². The van der Waals surface area contributed by atoms with Crippen molar-refractivity contribution in [2.45, 2.75) is 0 Å². The number of benzene rings is 4. The zero-order valence-corrected chi connectivity index (χ0v) is 29.6. The molecule has 0 heterocycles. The van der Waals surface area contributed by atoms with Crippen LogP contribution in [-0.4, -0.2) is 70.4 Å². The molecule has 0 bridgehead atoms. The lowest BCUT2D eigenvalue weighted by Crippen LogP contribution is -2.03. The van der Waals surface area contributed by atoms with E-state index in [2.05, 4.69) is 4.18 Å². The summed E-state index contributed by atoms with van der Waals surface area (Å²) in [6, 6.07) is 16.8. The molecule has 14 heteroatoms. The van der Waals surface area contributed by atoms with Crippen LogP contribution >= 0.6 is 0 Å². The molecular weight excluding hydrogens is 675 g/mol. The maximum Gasteiger partial charge on any atom is 0.488 e. The van der Waals surface area contributed by atoms with Crippen LogP contribution in [0.3, 0.4) is 0 Å². The van der Waals surface area contributed by atoms with Crippen LogP contribution in [0.5, 0.6) is 57.5 Å². The highest BCUT2D eigenvalue weighted by atomic mass is 32.3. The Morgan fingerprint density at radius 1 is 0.460 bits per heavy atom. The van der Waals surface area contributed by atoms with E-state index >= 15 is 0 Å². The zero-order valence-electron chi connectivity index (χ0n) is 28.8. The normalized spacial score (nSPS) is 11.0. The van der Waals surface area contributed by atoms with Gasteiger partial charge < -0.3 is 47.2 Å². The van der Waals surface area contributed by atoms with Gasteiger partial charge in [-0.1, -0.05) is 40.3 Å². The van der Waals surface area contributed by atoms with Crippen molar-refractivity contribution in [1.29, 1.82) is 0 Å². The third-order valence-corrected chi connectivity index (χ3v) is 7.27. The standard InChI is InChI=1S/C18H19FO7S.C18H20O5/c1-22-14-8-7-12(9-15(14)26-27(19,20)21)5-6-13-10-16(23-2)18(25-4)17(11-13)24-3;1-20-15-8-7-12(9-14(15)19)5-6-13-10-16(21-2)18(23-4)17(11-13)22-3/h5-11H,1-4H3;5-11,19H,1-4H3/b2*6-5-. The molecule has 4 aromatic carbocycles. The molecule has 4 aromatic rings. The summed E-state index contributed by atoms with van der Waals surface area (Å²) in [7, 11) is 6.90. The first-order chi connectivity index (χ1) is 23.9. The zero-order chi connectivity index (χ0) is 36.8. The van der Waals surface area contributed by atoms with E-state index in [1.165, 1.54) is 47.7 Å². The second-order valence-electron chi connectivity index (χ2n) is 9.90. The molecule has 12 nitrogen and oxygen atoms in total. The number of ether oxygens (including phenoxy) is 8. The van der Waals surface area contributed by atoms with Gasteiger partial charge in [0.05, 0.1) is 56.9 Å². The van der Waals surface area contributed by atoms with Gasteiger partial charge in [0.15, 0.2) is 46.0 Å². The van der Waals surface area contributed by atoms with E-state index in [0.29, 0.717) is 45.8 Å². The first-order valence-electron chi connectivity index (χ1n) is 14.6. The van der Waals surface area contributed by atoms with Crippen LogP contribution in [0.15, 0.2) is 60.7 Å². The Morgan fingerprint density at radius 3 is 1.14 bits per heavy atom. The molecule has 50 heavy (non-hydrogen) atoms. The lowest BCUT2D eigenvalue weighted by Gasteiger charge is -2.13. The van der Waals surface area contributed by atoms with Crippen molar-refractivity contribution < 1.29 is 59.5 Å². The topological polar surface area (TPSA) is 137 Å². The van der Waals surface area contributed by atoms with Gasteiger partial charge in [0, 0.05) is 0 Å². The fourth-order valence-electron chi connectivity index (χ4n) is 4.56. The van der Waals surface area contributed by atoms with Gasteiger partial charge in [0.2, 0.25) is 11.5 Å². The number of halogens is 1. The number of rotatable bonds is 14. The van der Waals surface area contributed by atoms with Gasteiger partial charge in [-0.2, -0.15) is 8.42 Å². The molecule has 0 saturated carbocycles. The lowest BCUT2D eigenvalue weighted by atomic mass is 10.1. The van der Waals surface area contributed by atoms with Crippen LogP contribution in [0.2, 0.25) is 0 Å². The fraction of sp³-hybridized carbons (Fsp3) is 0.222. The summed E-state index contributed by atoms with van der Waals surface area (Å²) < 4.78 is 80.5. The van der Waals surface area contributed by atoms with Gasteiger partial charge in [-0.05, 0) is 70.8 Å². The monoisotopic (exact) mass is 714 g/mol. The molecule has 0 radical (unpaired) electrons. The lowest BCUT2D eigenvalue weighted by molar-refractivity contribution is 0.324. The Balaban J connectivity index is 0.000000274. The molecule has 0 aliphatic heterocycles. The maximum absolute atomic E-state index is 12.8. The number of methoxy groups -OCH3 is 8. The molecular formula is C36H39FO12S. The van der Waals surface area contributed by atoms with Gasteiger partial charge in [-0.15, -0.1) is 0 Å². The summed E-state index contributed by atoms with van der Waals surface area (Å²) in [5, 5.41) is 9.81. The van der Waals surface area contributed by atoms with Crippen LogP contribution in [0.4, 0.5) is 3.89 Å². The van der Waals surface area contributed by atoms with Gasteiger partial charge in [-0.3, -0.25) is 0 Å². The number of aromatic hydroxyl groups is 1. The van der Waals surface area contributed by atoms with Crippen LogP contribution < -0.4 is 42.1 Å².